The van der Waals surface area contributed by atoms with Gasteiger partial charge in [-0.25, -0.2) is 4.39 Å². The van der Waals surface area contributed by atoms with E-state index in [0.717, 1.165) is 18.9 Å². The molecule has 1 saturated carbocycles. The second-order valence-corrected chi connectivity index (χ2v) is 5.40. The molecule has 0 aliphatic heterocycles. The molecule has 0 atom stereocenters. The number of nitrogen functional groups attached to an aromatic ring is 1. The normalized spacial score (nSPS) is 15.5. The summed E-state index contributed by atoms with van der Waals surface area (Å²) in [6, 6.07) is 2.52. The van der Waals surface area contributed by atoms with Gasteiger partial charge in [0.15, 0.2) is 0 Å². The molecule has 5 heteroatoms. The highest BCUT2D eigenvalue weighted by molar-refractivity contribution is 5.99. The van der Waals surface area contributed by atoms with Crippen molar-refractivity contribution in [3.63, 3.8) is 0 Å². The van der Waals surface area contributed by atoms with Crippen molar-refractivity contribution in [2.45, 2.75) is 32.2 Å². The van der Waals surface area contributed by atoms with Gasteiger partial charge in [-0.2, -0.15) is 0 Å². The molecule has 2 rings (SSSR count). The number of carbonyl (C=O) groups is 1. The number of nitrogens with one attached hydrogen (secondary N) is 1. The lowest BCUT2D eigenvalue weighted by Gasteiger charge is -2.28. The molecule has 1 fully saturated rings. The first-order valence-electron chi connectivity index (χ1n) is 5.98. The van der Waals surface area contributed by atoms with Crippen molar-refractivity contribution in [3.8, 4) is 0 Å². The Hall–Kier alpha value is -1.78. The fourth-order valence-electron chi connectivity index (χ4n) is 2.15. The summed E-state index contributed by atoms with van der Waals surface area (Å²) in [6.07, 6.45) is 2.28. The first-order chi connectivity index (χ1) is 8.31. The van der Waals surface area contributed by atoms with Gasteiger partial charge in [-0.1, -0.05) is 0 Å². The summed E-state index contributed by atoms with van der Waals surface area (Å²) in [5.41, 5.74) is 11.0. The lowest BCUT2D eigenvalue weighted by atomic mass is 9.97. The van der Waals surface area contributed by atoms with Gasteiger partial charge in [-0.15, -0.1) is 0 Å². The van der Waals surface area contributed by atoms with Gasteiger partial charge in [0.1, 0.15) is 5.82 Å². The molecule has 0 heterocycles. The van der Waals surface area contributed by atoms with Crippen molar-refractivity contribution in [3.05, 3.63) is 23.5 Å². The predicted octanol–water partition coefficient (Wildman–Crippen LogP) is 2.11. The summed E-state index contributed by atoms with van der Waals surface area (Å²) >= 11 is 0. The van der Waals surface area contributed by atoms with E-state index in [1.54, 1.807) is 0 Å². The molecular weight excluding hydrogens is 233 g/mol. The smallest absolute Gasteiger partial charge is 0.250 e. The molecule has 0 unspecified atom stereocenters. The minimum atomic E-state index is -0.653. The zero-order valence-corrected chi connectivity index (χ0v) is 10.6. The van der Waals surface area contributed by atoms with Gasteiger partial charge in [0, 0.05) is 11.2 Å². The third-order valence-corrected chi connectivity index (χ3v) is 3.46. The van der Waals surface area contributed by atoms with Gasteiger partial charge < -0.3 is 16.8 Å². The second kappa shape index (κ2) is 4.15. The molecule has 1 aromatic carbocycles. The van der Waals surface area contributed by atoms with E-state index in [-0.39, 0.29) is 22.5 Å². The van der Waals surface area contributed by atoms with E-state index in [1.165, 1.54) is 6.07 Å². The summed E-state index contributed by atoms with van der Waals surface area (Å²) in [6.45, 7) is 4.04. The topological polar surface area (TPSA) is 81.1 Å². The van der Waals surface area contributed by atoms with Gasteiger partial charge >= 0.3 is 0 Å². The molecule has 18 heavy (non-hydrogen) atoms. The Morgan fingerprint density at radius 3 is 2.56 bits per heavy atom. The van der Waals surface area contributed by atoms with E-state index in [2.05, 4.69) is 5.32 Å². The molecule has 0 aromatic heterocycles. The average Bonchev–Trinajstić information content (AvgIpc) is 3.04. The quantitative estimate of drug-likeness (QED) is 0.717. The van der Waals surface area contributed by atoms with Crippen LogP contribution in [-0.2, 0) is 0 Å². The van der Waals surface area contributed by atoms with Crippen LogP contribution in [0.3, 0.4) is 0 Å². The van der Waals surface area contributed by atoms with Crippen molar-refractivity contribution in [2.75, 3.05) is 11.1 Å². The minimum Gasteiger partial charge on any atom is -0.398 e. The van der Waals surface area contributed by atoms with Crippen molar-refractivity contribution < 1.29 is 9.18 Å². The third-order valence-electron chi connectivity index (χ3n) is 3.46. The van der Waals surface area contributed by atoms with Crippen molar-refractivity contribution in [1.82, 2.24) is 0 Å². The van der Waals surface area contributed by atoms with Crippen LogP contribution in [0.4, 0.5) is 15.8 Å². The highest BCUT2D eigenvalue weighted by Gasteiger charge is 2.38. The van der Waals surface area contributed by atoms with E-state index in [9.17, 15) is 9.18 Å². The lowest BCUT2D eigenvalue weighted by Crippen LogP contribution is -2.34. The zero-order valence-electron chi connectivity index (χ0n) is 10.6. The Labute approximate surface area is 106 Å². The molecule has 5 N–H and O–H groups in total. The van der Waals surface area contributed by atoms with Crippen LogP contribution in [0.5, 0.6) is 0 Å². The molecule has 0 spiro atoms. The van der Waals surface area contributed by atoms with Crippen LogP contribution in [0.15, 0.2) is 12.1 Å². The lowest BCUT2D eigenvalue weighted by molar-refractivity contribution is 0.100. The van der Waals surface area contributed by atoms with Crippen molar-refractivity contribution in [1.29, 1.82) is 0 Å². The number of hydrogen-bond acceptors (Lipinski definition) is 3. The maximum absolute atomic E-state index is 13.8. The number of anilines is 2. The van der Waals surface area contributed by atoms with E-state index >= 15 is 0 Å². The zero-order chi connectivity index (χ0) is 13.5. The molecule has 1 aliphatic carbocycles. The molecule has 0 radical (unpaired) electrons. The number of amides is 1. The van der Waals surface area contributed by atoms with E-state index in [0.29, 0.717) is 5.92 Å². The molecule has 4 nitrogen and oxygen atoms in total. The predicted molar refractivity (Wildman–Crippen MR) is 69.8 cm³/mol. The summed E-state index contributed by atoms with van der Waals surface area (Å²) in [4.78, 5) is 11.2. The maximum Gasteiger partial charge on any atom is 0.250 e. The minimum absolute atomic E-state index is 0.0646. The molecule has 0 saturated heterocycles. The molecule has 1 amide bonds. The van der Waals surface area contributed by atoms with Crippen molar-refractivity contribution in [2.24, 2.45) is 11.7 Å². The van der Waals surface area contributed by atoms with Crippen molar-refractivity contribution >= 4 is 17.3 Å². The average molecular weight is 251 g/mol. The number of primary amides is 1. The van der Waals surface area contributed by atoms with Gasteiger partial charge in [-0.3, -0.25) is 4.79 Å². The van der Waals surface area contributed by atoms with Crippen LogP contribution in [0, 0.1) is 11.7 Å². The Bertz CT molecular complexity index is 495. The third kappa shape index (κ3) is 2.39. The van der Waals surface area contributed by atoms with Crippen LogP contribution in [0.25, 0.3) is 0 Å². The van der Waals surface area contributed by atoms with Gasteiger partial charge in [0.25, 0.3) is 5.91 Å². The first kappa shape index (κ1) is 12.7. The monoisotopic (exact) mass is 251 g/mol. The number of hydrogen-bond donors (Lipinski definition) is 3. The number of halogens is 1. The van der Waals surface area contributed by atoms with E-state index in [1.807, 2.05) is 13.8 Å². The Morgan fingerprint density at radius 1 is 1.44 bits per heavy atom. The number of rotatable bonds is 4. The number of nitrogens with two attached hydrogens (primary N) is 2. The first-order valence-corrected chi connectivity index (χ1v) is 5.98. The highest BCUT2D eigenvalue weighted by Crippen LogP contribution is 2.41. The standard InChI is InChI=1S/C13H18FN3O/c1-13(2,7-3-4-7)17-11-5-8(12(16)18)10(15)6-9(11)14/h5-7,17H,3-4,15H2,1-2H3,(H2,16,18). The Balaban J connectivity index is 2.32. The molecule has 1 aliphatic rings. The van der Waals surface area contributed by atoms with Crippen LogP contribution in [-0.4, -0.2) is 11.4 Å². The highest BCUT2D eigenvalue weighted by atomic mass is 19.1. The molecule has 98 valence electrons. The van der Waals surface area contributed by atoms with E-state index < -0.39 is 11.7 Å². The largest absolute Gasteiger partial charge is 0.398 e. The fraction of sp³-hybridized carbons (Fsp3) is 0.462. The van der Waals surface area contributed by atoms with Crippen LogP contribution in [0.2, 0.25) is 0 Å². The molecule has 0 bridgehead atoms. The van der Waals surface area contributed by atoms with Gasteiger partial charge in [0.2, 0.25) is 0 Å². The Morgan fingerprint density at radius 2 is 2.06 bits per heavy atom. The fourth-order valence-corrected chi connectivity index (χ4v) is 2.15. The summed E-state index contributed by atoms with van der Waals surface area (Å²) in [5, 5.41) is 3.13. The molecular formula is C13H18FN3O. The summed E-state index contributed by atoms with van der Waals surface area (Å²) in [7, 11) is 0. The number of carbonyl (C=O) groups excluding carboxylic acids is 1. The number of benzene rings is 1. The van der Waals surface area contributed by atoms with Crippen LogP contribution >= 0.6 is 0 Å². The maximum atomic E-state index is 13.8. The van der Waals surface area contributed by atoms with Crippen LogP contribution < -0.4 is 16.8 Å². The van der Waals surface area contributed by atoms with Crippen LogP contribution in [0.1, 0.15) is 37.0 Å². The van der Waals surface area contributed by atoms with Gasteiger partial charge in [-0.05, 0) is 44.7 Å². The summed E-state index contributed by atoms with van der Waals surface area (Å²) < 4.78 is 13.8. The SMILES string of the molecule is CC(C)(Nc1cc(C(N)=O)c(N)cc1F)C1CC1. The second-order valence-electron chi connectivity index (χ2n) is 5.40. The molecule has 1 aromatic rings. The summed E-state index contributed by atoms with van der Waals surface area (Å²) in [5.74, 6) is -0.586. The van der Waals surface area contributed by atoms with E-state index in [4.69, 9.17) is 11.5 Å². The van der Waals surface area contributed by atoms with Gasteiger partial charge in [0.05, 0.1) is 11.3 Å². The Kier molecular flexibility index (Phi) is 2.92.